The molecule has 1 aromatic heterocycles. The van der Waals surface area contributed by atoms with Gasteiger partial charge >= 0.3 is 0 Å². The summed E-state index contributed by atoms with van der Waals surface area (Å²) < 4.78 is 27.7. The van der Waals surface area contributed by atoms with E-state index in [1.807, 2.05) is 20.0 Å². The van der Waals surface area contributed by atoms with Crippen molar-refractivity contribution in [1.29, 1.82) is 0 Å². The normalized spacial score (nSPS) is 16.1. The van der Waals surface area contributed by atoms with Crippen molar-refractivity contribution in [1.82, 2.24) is 9.62 Å². The lowest BCUT2D eigenvalue weighted by molar-refractivity contribution is 0.373. The maximum Gasteiger partial charge on any atom is 0.244 e. The zero-order valence-electron chi connectivity index (χ0n) is 13.3. The fraction of sp³-hybridized carbons (Fsp3) is 0.733. The smallest absolute Gasteiger partial charge is 0.244 e. The molecule has 1 fully saturated rings. The van der Waals surface area contributed by atoms with Crippen molar-refractivity contribution in [3.8, 4) is 0 Å². The first-order chi connectivity index (χ1) is 9.86. The van der Waals surface area contributed by atoms with Crippen LogP contribution in [0.5, 0.6) is 0 Å². The van der Waals surface area contributed by atoms with Crippen LogP contribution in [0.25, 0.3) is 0 Å². The molecule has 6 heteroatoms. The second-order valence-corrected chi connectivity index (χ2v) is 9.39. The van der Waals surface area contributed by atoms with Gasteiger partial charge in [0.1, 0.15) is 0 Å². The standard InChI is InChI=1S/C15H26N2O2S2/c1-11(2)7-8-17(13-5-6-13)21(18,19)15-9-14(10-16-4)20-12(15)3/h9,11,13,16H,5-8,10H2,1-4H3. The van der Waals surface area contributed by atoms with Gasteiger partial charge in [0, 0.05) is 28.9 Å². The molecule has 0 radical (unpaired) electrons. The van der Waals surface area contributed by atoms with Crippen LogP contribution in [0.15, 0.2) is 11.0 Å². The quantitative estimate of drug-likeness (QED) is 0.797. The molecule has 0 aromatic carbocycles. The third kappa shape index (κ3) is 4.06. The van der Waals surface area contributed by atoms with Gasteiger partial charge < -0.3 is 5.32 Å². The number of hydrogen-bond acceptors (Lipinski definition) is 4. The molecule has 0 bridgehead atoms. The summed E-state index contributed by atoms with van der Waals surface area (Å²) >= 11 is 1.57. The molecule has 0 atom stereocenters. The van der Waals surface area contributed by atoms with Gasteiger partial charge in [-0.1, -0.05) is 13.8 Å². The number of rotatable bonds is 8. The summed E-state index contributed by atoms with van der Waals surface area (Å²) in [6.45, 7) is 7.54. The van der Waals surface area contributed by atoms with Gasteiger partial charge in [0.2, 0.25) is 10.0 Å². The van der Waals surface area contributed by atoms with Gasteiger partial charge in [0.15, 0.2) is 0 Å². The Balaban J connectivity index is 2.25. The highest BCUT2D eigenvalue weighted by Gasteiger charge is 2.38. The highest BCUT2D eigenvalue weighted by molar-refractivity contribution is 7.89. The monoisotopic (exact) mass is 330 g/mol. The fourth-order valence-electron chi connectivity index (χ4n) is 2.41. The van der Waals surface area contributed by atoms with Gasteiger partial charge in [0.25, 0.3) is 0 Å². The predicted octanol–water partition coefficient (Wildman–Crippen LogP) is 2.98. The zero-order chi connectivity index (χ0) is 15.6. The van der Waals surface area contributed by atoms with Crippen molar-refractivity contribution in [2.24, 2.45) is 5.92 Å². The first kappa shape index (κ1) is 16.9. The molecule has 0 unspecified atom stereocenters. The van der Waals surface area contributed by atoms with Crippen molar-refractivity contribution in [2.75, 3.05) is 13.6 Å². The summed E-state index contributed by atoms with van der Waals surface area (Å²) in [5.41, 5.74) is 0. The van der Waals surface area contributed by atoms with Gasteiger partial charge in [-0.2, -0.15) is 4.31 Å². The van der Waals surface area contributed by atoms with Crippen molar-refractivity contribution in [2.45, 2.75) is 57.5 Å². The second kappa shape index (κ2) is 6.77. The molecule has 1 N–H and O–H groups in total. The number of nitrogens with zero attached hydrogens (tertiary/aromatic N) is 1. The van der Waals surface area contributed by atoms with Crippen molar-refractivity contribution >= 4 is 21.4 Å². The molecule has 1 aliphatic carbocycles. The maximum absolute atomic E-state index is 13.0. The Morgan fingerprint density at radius 3 is 2.62 bits per heavy atom. The minimum atomic E-state index is -3.35. The van der Waals surface area contributed by atoms with Crippen LogP contribution in [0.4, 0.5) is 0 Å². The van der Waals surface area contributed by atoms with E-state index < -0.39 is 10.0 Å². The average Bonchev–Trinajstić information content (AvgIpc) is 3.13. The van der Waals surface area contributed by atoms with Crippen LogP contribution in [0.1, 0.15) is 42.9 Å². The summed E-state index contributed by atoms with van der Waals surface area (Å²) in [5.74, 6) is 0.518. The third-order valence-corrected chi connectivity index (χ3v) is 7.00. The lowest BCUT2D eigenvalue weighted by atomic mass is 10.1. The highest BCUT2D eigenvalue weighted by atomic mass is 32.2. The van der Waals surface area contributed by atoms with E-state index in [2.05, 4.69) is 19.2 Å². The minimum Gasteiger partial charge on any atom is -0.315 e. The Morgan fingerprint density at radius 2 is 2.10 bits per heavy atom. The fourth-order valence-corrected chi connectivity index (χ4v) is 5.73. The Labute approximate surface area is 132 Å². The van der Waals surface area contributed by atoms with Gasteiger partial charge in [-0.25, -0.2) is 8.42 Å². The van der Waals surface area contributed by atoms with Crippen LogP contribution in [0.3, 0.4) is 0 Å². The Hall–Kier alpha value is -0.430. The summed E-state index contributed by atoms with van der Waals surface area (Å²) in [4.78, 5) is 2.48. The van der Waals surface area contributed by atoms with Gasteiger partial charge in [0.05, 0.1) is 4.90 Å². The number of nitrogens with one attached hydrogen (secondary N) is 1. The highest BCUT2D eigenvalue weighted by Crippen LogP contribution is 2.35. The van der Waals surface area contributed by atoms with Crippen molar-refractivity contribution in [3.63, 3.8) is 0 Å². The molecular weight excluding hydrogens is 304 g/mol. The molecular formula is C15H26N2O2S2. The topological polar surface area (TPSA) is 49.4 Å². The minimum absolute atomic E-state index is 0.223. The molecule has 2 rings (SSSR count). The molecule has 1 aliphatic rings. The van der Waals surface area contributed by atoms with Gasteiger partial charge in [-0.05, 0) is 45.2 Å². The molecule has 0 aliphatic heterocycles. The first-order valence-electron chi connectivity index (χ1n) is 7.62. The van der Waals surface area contributed by atoms with E-state index >= 15 is 0 Å². The second-order valence-electron chi connectivity index (χ2n) is 6.19. The summed E-state index contributed by atoms with van der Waals surface area (Å²) in [6.07, 6.45) is 2.93. The largest absolute Gasteiger partial charge is 0.315 e. The Morgan fingerprint density at radius 1 is 1.43 bits per heavy atom. The first-order valence-corrected chi connectivity index (χ1v) is 9.87. The van der Waals surface area contributed by atoms with Crippen LogP contribution < -0.4 is 5.32 Å². The van der Waals surface area contributed by atoms with Crippen LogP contribution in [0, 0.1) is 12.8 Å². The Kier molecular flexibility index (Phi) is 5.46. The van der Waals surface area contributed by atoms with E-state index in [4.69, 9.17) is 0 Å². The molecule has 1 heterocycles. The third-order valence-electron chi connectivity index (χ3n) is 3.74. The number of sulfonamides is 1. The van der Waals surface area contributed by atoms with E-state index in [1.165, 1.54) is 0 Å². The van der Waals surface area contributed by atoms with E-state index in [0.717, 1.165) is 35.6 Å². The molecule has 0 spiro atoms. The summed E-state index contributed by atoms with van der Waals surface area (Å²) in [7, 11) is -1.47. The van der Waals surface area contributed by atoms with Gasteiger partial charge in [-0.15, -0.1) is 11.3 Å². The van der Waals surface area contributed by atoms with Crippen molar-refractivity contribution < 1.29 is 8.42 Å². The van der Waals surface area contributed by atoms with Crippen LogP contribution in [-0.2, 0) is 16.6 Å². The van der Waals surface area contributed by atoms with E-state index in [0.29, 0.717) is 17.4 Å². The van der Waals surface area contributed by atoms with Crippen LogP contribution >= 0.6 is 11.3 Å². The van der Waals surface area contributed by atoms with Crippen molar-refractivity contribution in [3.05, 3.63) is 15.8 Å². The predicted molar refractivity (Wildman–Crippen MR) is 88.2 cm³/mol. The average molecular weight is 331 g/mol. The lowest BCUT2D eigenvalue weighted by Gasteiger charge is -2.22. The van der Waals surface area contributed by atoms with E-state index in [1.54, 1.807) is 15.6 Å². The molecule has 21 heavy (non-hydrogen) atoms. The molecule has 120 valence electrons. The number of thiophene rings is 1. The lowest BCUT2D eigenvalue weighted by Crippen LogP contribution is -2.34. The van der Waals surface area contributed by atoms with Gasteiger partial charge in [-0.3, -0.25) is 0 Å². The number of aryl methyl sites for hydroxylation is 1. The molecule has 0 saturated heterocycles. The molecule has 1 saturated carbocycles. The molecule has 4 nitrogen and oxygen atoms in total. The maximum atomic E-state index is 13.0. The Bertz CT molecular complexity index is 574. The van der Waals surface area contributed by atoms with Crippen LogP contribution in [-0.4, -0.2) is 32.4 Å². The molecule has 1 aromatic rings. The molecule has 0 amide bonds. The zero-order valence-corrected chi connectivity index (χ0v) is 15.0. The summed E-state index contributed by atoms with van der Waals surface area (Å²) in [6, 6.07) is 2.07. The SMILES string of the molecule is CNCc1cc(S(=O)(=O)N(CCC(C)C)C2CC2)c(C)s1. The summed E-state index contributed by atoms with van der Waals surface area (Å²) in [5, 5.41) is 3.08. The van der Waals surface area contributed by atoms with Crippen LogP contribution in [0.2, 0.25) is 0 Å². The van der Waals surface area contributed by atoms with E-state index in [-0.39, 0.29) is 6.04 Å². The number of hydrogen-bond donors (Lipinski definition) is 1. The van der Waals surface area contributed by atoms with E-state index in [9.17, 15) is 8.42 Å².